The van der Waals surface area contributed by atoms with Gasteiger partial charge >= 0.3 is 0 Å². The fourth-order valence-corrected chi connectivity index (χ4v) is 2.61. The molecule has 3 rings (SSSR count). The van der Waals surface area contributed by atoms with Crippen molar-refractivity contribution in [3.05, 3.63) is 17.8 Å². The molecule has 0 amide bonds. The summed E-state index contributed by atoms with van der Waals surface area (Å²) in [5, 5.41) is 12.1. The summed E-state index contributed by atoms with van der Waals surface area (Å²) in [4.78, 5) is 2.42. The lowest BCUT2D eigenvalue weighted by molar-refractivity contribution is 0.565. The van der Waals surface area contributed by atoms with E-state index in [1.165, 1.54) is 32.2 Å². The molecule has 1 atom stereocenters. The highest BCUT2D eigenvalue weighted by Crippen LogP contribution is 2.31. The largest absolute Gasteiger partial charge is 0.353 e. The zero-order chi connectivity index (χ0) is 12.4. The smallest absolute Gasteiger partial charge is 0.151 e. The number of nitrogens with zero attached hydrogens (tertiary/aromatic N) is 3. The Kier molecular flexibility index (Phi) is 3.46. The van der Waals surface area contributed by atoms with Crippen molar-refractivity contribution in [2.24, 2.45) is 5.92 Å². The van der Waals surface area contributed by atoms with Crippen LogP contribution in [0.5, 0.6) is 0 Å². The van der Waals surface area contributed by atoms with E-state index in [2.05, 4.69) is 32.5 Å². The van der Waals surface area contributed by atoms with Crippen LogP contribution in [0.25, 0.3) is 0 Å². The van der Waals surface area contributed by atoms with Crippen LogP contribution in [0, 0.1) is 12.8 Å². The molecule has 0 spiro atoms. The van der Waals surface area contributed by atoms with Crippen molar-refractivity contribution in [1.29, 1.82) is 0 Å². The van der Waals surface area contributed by atoms with E-state index in [0.717, 1.165) is 30.5 Å². The van der Waals surface area contributed by atoms with Crippen molar-refractivity contribution in [2.45, 2.75) is 38.6 Å². The molecule has 2 aliphatic rings. The van der Waals surface area contributed by atoms with E-state index in [9.17, 15) is 0 Å². The number of aryl methyl sites for hydroxylation is 1. The molecule has 98 valence electrons. The highest BCUT2D eigenvalue weighted by Gasteiger charge is 2.27. The summed E-state index contributed by atoms with van der Waals surface area (Å²) in [6.07, 6.45) is 5.36. The summed E-state index contributed by atoms with van der Waals surface area (Å²) in [5.41, 5.74) is 0.990. The Bertz CT molecular complexity index is 379. The van der Waals surface area contributed by atoms with Gasteiger partial charge in [0, 0.05) is 19.1 Å². The van der Waals surface area contributed by atoms with E-state index in [1.807, 2.05) is 6.92 Å². The predicted octanol–water partition coefficient (Wildman–Crippen LogP) is 1.75. The molecule has 1 unspecified atom stereocenters. The molecule has 2 heterocycles. The van der Waals surface area contributed by atoms with Crippen molar-refractivity contribution in [2.75, 3.05) is 24.5 Å². The molecule has 1 aliphatic carbocycles. The molecule has 1 aromatic rings. The maximum atomic E-state index is 4.35. The van der Waals surface area contributed by atoms with Crippen LogP contribution < -0.4 is 10.2 Å². The van der Waals surface area contributed by atoms with E-state index in [4.69, 9.17) is 0 Å². The van der Waals surface area contributed by atoms with Crippen LogP contribution in [0.1, 0.15) is 31.4 Å². The van der Waals surface area contributed by atoms with Crippen LogP contribution in [-0.4, -0.2) is 35.9 Å². The van der Waals surface area contributed by atoms with Crippen LogP contribution in [0.3, 0.4) is 0 Å². The minimum atomic E-state index is 0.631. The lowest BCUT2D eigenvalue weighted by Crippen LogP contribution is -2.39. The Morgan fingerprint density at radius 3 is 2.72 bits per heavy atom. The number of anilines is 1. The third-order valence-corrected chi connectivity index (χ3v) is 3.89. The molecular weight excluding hydrogens is 224 g/mol. The normalized spacial score (nSPS) is 23.3. The van der Waals surface area contributed by atoms with Crippen LogP contribution in [0.15, 0.2) is 12.1 Å². The molecule has 4 heteroatoms. The van der Waals surface area contributed by atoms with Crippen LogP contribution in [0.4, 0.5) is 5.82 Å². The molecule has 2 fully saturated rings. The Labute approximate surface area is 109 Å². The number of aromatic nitrogens is 2. The lowest BCUT2D eigenvalue weighted by Gasteiger charge is -2.26. The van der Waals surface area contributed by atoms with Crippen LogP contribution in [0.2, 0.25) is 0 Å². The predicted molar refractivity (Wildman–Crippen MR) is 72.7 cm³/mol. The Balaban J connectivity index is 1.68. The third-order valence-electron chi connectivity index (χ3n) is 3.89. The second-order valence-corrected chi connectivity index (χ2v) is 5.67. The number of nitrogens with one attached hydrogen (secondary N) is 1. The van der Waals surface area contributed by atoms with E-state index >= 15 is 0 Å². The molecule has 0 bridgehead atoms. The van der Waals surface area contributed by atoms with E-state index in [-0.39, 0.29) is 0 Å². The van der Waals surface area contributed by atoms with Gasteiger partial charge in [0.25, 0.3) is 0 Å². The van der Waals surface area contributed by atoms with Crippen LogP contribution >= 0.6 is 0 Å². The molecule has 1 saturated heterocycles. The van der Waals surface area contributed by atoms with Gasteiger partial charge < -0.3 is 10.2 Å². The average molecular weight is 246 g/mol. The van der Waals surface area contributed by atoms with Crippen molar-refractivity contribution >= 4 is 5.82 Å². The van der Waals surface area contributed by atoms with Gasteiger partial charge in [-0.05, 0) is 57.2 Å². The van der Waals surface area contributed by atoms with E-state index in [0.29, 0.717) is 6.04 Å². The molecule has 1 aromatic heterocycles. The first kappa shape index (κ1) is 11.9. The van der Waals surface area contributed by atoms with Crippen molar-refractivity contribution in [3.63, 3.8) is 0 Å². The Morgan fingerprint density at radius 2 is 2.11 bits per heavy atom. The van der Waals surface area contributed by atoms with Gasteiger partial charge in [0.2, 0.25) is 0 Å². The topological polar surface area (TPSA) is 41.0 Å². The zero-order valence-electron chi connectivity index (χ0n) is 11.1. The monoisotopic (exact) mass is 246 g/mol. The van der Waals surface area contributed by atoms with Crippen molar-refractivity contribution in [1.82, 2.24) is 15.5 Å². The lowest BCUT2D eigenvalue weighted by atomic mass is 10.2. The molecule has 0 radical (unpaired) electrons. The summed E-state index contributed by atoms with van der Waals surface area (Å²) < 4.78 is 0. The van der Waals surface area contributed by atoms with Crippen LogP contribution in [-0.2, 0) is 0 Å². The second-order valence-electron chi connectivity index (χ2n) is 5.67. The molecule has 1 N–H and O–H groups in total. The minimum absolute atomic E-state index is 0.631. The standard InChI is InChI=1S/C14H22N4/c1-11-4-7-14(17-16-11)18(9-12-5-6-12)10-13-3-2-8-15-13/h4,7,12-13,15H,2-3,5-6,8-10H2,1H3. The van der Waals surface area contributed by atoms with Crippen molar-refractivity contribution in [3.8, 4) is 0 Å². The van der Waals surface area contributed by atoms with Crippen molar-refractivity contribution < 1.29 is 0 Å². The molecule has 4 nitrogen and oxygen atoms in total. The SMILES string of the molecule is Cc1ccc(N(CC2CC2)CC2CCCN2)nn1. The highest BCUT2D eigenvalue weighted by molar-refractivity contribution is 5.38. The van der Waals surface area contributed by atoms with Gasteiger partial charge in [-0.25, -0.2) is 0 Å². The molecular formula is C14H22N4. The summed E-state index contributed by atoms with van der Waals surface area (Å²) >= 11 is 0. The quantitative estimate of drug-likeness (QED) is 0.859. The minimum Gasteiger partial charge on any atom is -0.353 e. The summed E-state index contributed by atoms with van der Waals surface area (Å²) in [6, 6.07) is 4.80. The van der Waals surface area contributed by atoms with Gasteiger partial charge in [-0.2, -0.15) is 5.10 Å². The van der Waals surface area contributed by atoms with Gasteiger partial charge in [0.1, 0.15) is 0 Å². The Morgan fingerprint density at radius 1 is 1.22 bits per heavy atom. The number of rotatable bonds is 5. The summed E-state index contributed by atoms with van der Waals surface area (Å²) in [7, 11) is 0. The second kappa shape index (κ2) is 5.22. The molecule has 18 heavy (non-hydrogen) atoms. The average Bonchev–Trinajstić information content (AvgIpc) is 3.04. The summed E-state index contributed by atoms with van der Waals surface area (Å²) in [5.74, 6) is 1.93. The number of hydrogen-bond donors (Lipinski definition) is 1. The maximum absolute atomic E-state index is 4.35. The molecule has 1 saturated carbocycles. The first-order chi connectivity index (χ1) is 8.81. The zero-order valence-corrected chi connectivity index (χ0v) is 11.1. The van der Waals surface area contributed by atoms with E-state index in [1.54, 1.807) is 0 Å². The fourth-order valence-electron chi connectivity index (χ4n) is 2.61. The molecule has 0 aromatic carbocycles. The third kappa shape index (κ3) is 2.99. The van der Waals surface area contributed by atoms with Gasteiger partial charge in [0.15, 0.2) is 5.82 Å². The summed E-state index contributed by atoms with van der Waals surface area (Å²) in [6.45, 7) is 5.38. The Hall–Kier alpha value is -1.16. The number of hydrogen-bond acceptors (Lipinski definition) is 4. The van der Waals surface area contributed by atoms with E-state index < -0.39 is 0 Å². The van der Waals surface area contributed by atoms with Gasteiger partial charge in [-0.3, -0.25) is 0 Å². The van der Waals surface area contributed by atoms with Gasteiger partial charge in [-0.15, -0.1) is 5.10 Å². The first-order valence-electron chi connectivity index (χ1n) is 7.10. The fraction of sp³-hybridized carbons (Fsp3) is 0.714. The molecule has 1 aliphatic heterocycles. The highest BCUT2D eigenvalue weighted by atomic mass is 15.3. The maximum Gasteiger partial charge on any atom is 0.151 e. The van der Waals surface area contributed by atoms with Gasteiger partial charge in [0.05, 0.1) is 5.69 Å². The first-order valence-corrected chi connectivity index (χ1v) is 7.10. The van der Waals surface area contributed by atoms with Gasteiger partial charge in [-0.1, -0.05) is 0 Å².